The summed E-state index contributed by atoms with van der Waals surface area (Å²) in [6.07, 6.45) is 1.37. The third-order valence-corrected chi connectivity index (χ3v) is 5.60. The van der Waals surface area contributed by atoms with Crippen molar-refractivity contribution in [2.75, 3.05) is 18.4 Å². The van der Waals surface area contributed by atoms with Gasteiger partial charge in [0.15, 0.2) is 5.78 Å². The van der Waals surface area contributed by atoms with E-state index in [1.165, 1.54) is 0 Å². The second-order valence-electron chi connectivity index (χ2n) is 7.83. The summed E-state index contributed by atoms with van der Waals surface area (Å²) in [6.45, 7) is 0.886. The molecule has 4 N–H and O–H groups in total. The average Bonchev–Trinajstić information content (AvgIpc) is 3.32. The fourth-order valence-corrected chi connectivity index (χ4v) is 3.83. The number of ketones is 1. The second-order valence-corrected chi connectivity index (χ2v) is 7.83. The Kier molecular flexibility index (Phi) is 6.76. The molecule has 1 atom stereocenters. The summed E-state index contributed by atoms with van der Waals surface area (Å²) >= 11 is 0. The van der Waals surface area contributed by atoms with E-state index in [4.69, 9.17) is 5.73 Å². The number of para-hydroxylation sites is 1. The summed E-state index contributed by atoms with van der Waals surface area (Å²) in [5.41, 5.74) is 10.1. The van der Waals surface area contributed by atoms with Gasteiger partial charge in [-0.3, -0.25) is 14.6 Å². The molecule has 0 fully saturated rings. The Morgan fingerprint density at radius 2 is 1.67 bits per heavy atom. The van der Waals surface area contributed by atoms with Crippen LogP contribution in [-0.4, -0.2) is 35.6 Å². The van der Waals surface area contributed by atoms with E-state index in [9.17, 15) is 14.7 Å². The van der Waals surface area contributed by atoms with E-state index in [1.807, 2.05) is 60.7 Å². The lowest BCUT2D eigenvalue weighted by atomic mass is 9.99. The molecule has 4 rings (SSSR count). The number of carbonyl (C=O) groups is 2. The van der Waals surface area contributed by atoms with Crippen molar-refractivity contribution in [3.63, 3.8) is 0 Å². The van der Waals surface area contributed by atoms with Crippen LogP contribution in [0.5, 0.6) is 0 Å². The van der Waals surface area contributed by atoms with Crippen LogP contribution < -0.4 is 11.1 Å². The molecule has 0 saturated heterocycles. The molecule has 0 spiro atoms. The van der Waals surface area contributed by atoms with E-state index < -0.39 is 12.0 Å². The number of benzene rings is 3. The predicted octanol–water partition coefficient (Wildman–Crippen LogP) is 3.47. The van der Waals surface area contributed by atoms with E-state index >= 15 is 0 Å². The number of nitrogens with one attached hydrogen (secondary N) is 1. The largest absolute Gasteiger partial charge is 0.384 e. The van der Waals surface area contributed by atoms with Gasteiger partial charge in [-0.25, -0.2) is 0 Å². The number of Topliss-reactive ketones (excluding diaryl/α,β-unsaturated/α-hetero) is 1. The molecule has 1 aliphatic rings. The number of nitrogens with two attached hydrogens (primary N) is 1. The van der Waals surface area contributed by atoms with Gasteiger partial charge in [-0.2, -0.15) is 0 Å². The summed E-state index contributed by atoms with van der Waals surface area (Å²) in [5, 5.41) is 14.2. The number of aliphatic imine (C=N–C) groups is 1. The highest BCUT2D eigenvalue weighted by Gasteiger charge is 2.21. The minimum absolute atomic E-state index is 0.0787. The molecular formula is C27H25N3O3. The molecule has 1 heterocycles. The van der Waals surface area contributed by atoms with Crippen molar-refractivity contribution in [1.29, 1.82) is 0 Å². The van der Waals surface area contributed by atoms with Crippen molar-refractivity contribution >= 4 is 23.1 Å². The van der Waals surface area contributed by atoms with Gasteiger partial charge in [0.1, 0.15) is 11.8 Å². The zero-order valence-electron chi connectivity index (χ0n) is 18.1. The Labute approximate surface area is 192 Å². The molecule has 0 aromatic heterocycles. The number of anilines is 1. The first-order valence-electron chi connectivity index (χ1n) is 10.7. The van der Waals surface area contributed by atoms with Crippen LogP contribution in [0.15, 0.2) is 95.5 Å². The van der Waals surface area contributed by atoms with Crippen LogP contribution in [0, 0.1) is 0 Å². The maximum Gasteiger partial charge on any atom is 0.248 e. The Bertz CT molecular complexity index is 1210. The highest BCUT2D eigenvalue weighted by molar-refractivity contribution is 6.47. The number of hydrogen-bond acceptors (Lipinski definition) is 5. The first kappa shape index (κ1) is 22.2. The monoisotopic (exact) mass is 439 g/mol. The second kappa shape index (κ2) is 10.1. The standard InChI is InChI=1S/C27H25N3O3/c28-27(33)20-12-10-18(11-13-20)16-24(31)25-21(14-15-29-25)17-30-23-9-5-4-8-22(23)26(32)19-6-2-1-3-7-19/h1-14,26,30,32H,15-17H2,(H2,28,33). The summed E-state index contributed by atoms with van der Waals surface area (Å²) in [6, 6.07) is 23.8. The smallest absolute Gasteiger partial charge is 0.248 e. The van der Waals surface area contributed by atoms with E-state index in [-0.39, 0.29) is 12.2 Å². The molecule has 0 bridgehead atoms. The van der Waals surface area contributed by atoms with Crippen LogP contribution in [0.1, 0.15) is 33.2 Å². The molecule has 1 amide bonds. The van der Waals surface area contributed by atoms with Crippen LogP contribution >= 0.6 is 0 Å². The first-order chi connectivity index (χ1) is 16.0. The molecule has 3 aromatic carbocycles. The topological polar surface area (TPSA) is 105 Å². The van der Waals surface area contributed by atoms with E-state index in [0.29, 0.717) is 24.4 Å². The van der Waals surface area contributed by atoms with Crippen LogP contribution in [0.4, 0.5) is 5.69 Å². The van der Waals surface area contributed by atoms with Gasteiger partial charge in [-0.05, 0) is 34.9 Å². The lowest BCUT2D eigenvalue weighted by Crippen LogP contribution is -2.22. The van der Waals surface area contributed by atoms with Gasteiger partial charge in [0.2, 0.25) is 5.91 Å². The number of aliphatic hydroxyl groups is 1. The number of nitrogens with zero attached hydrogens (tertiary/aromatic N) is 1. The molecule has 6 heteroatoms. The molecule has 1 unspecified atom stereocenters. The molecule has 1 aliphatic heterocycles. The quantitative estimate of drug-likeness (QED) is 0.475. The van der Waals surface area contributed by atoms with Crippen molar-refractivity contribution in [3.05, 3.63) is 113 Å². The molecule has 6 nitrogen and oxygen atoms in total. The maximum absolute atomic E-state index is 12.9. The predicted molar refractivity (Wildman–Crippen MR) is 129 cm³/mol. The molecule has 3 aromatic rings. The van der Waals surface area contributed by atoms with Crippen molar-refractivity contribution < 1.29 is 14.7 Å². The fraction of sp³-hybridized carbons (Fsp3) is 0.148. The van der Waals surface area contributed by atoms with Crippen LogP contribution in [0.25, 0.3) is 0 Å². The molecule has 0 radical (unpaired) electrons. The first-order valence-corrected chi connectivity index (χ1v) is 10.7. The van der Waals surface area contributed by atoms with Gasteiger partial charge >= 0.3 is 0 Å². The normalized spacial score (nSPS) is 13.7. The van der Waals surface area contributed by atoms with Crippen molar-refractivity contribution in [2.45, 2.75) is 12.5 Å². The third kappa shape index (κ3) is 5.25. The summed E-state index contributed by atoms with van der Waals surface area (Å²) in [4.78, 5) is 28.5. The zero-order chi connectivity index (χ0) is 23.2. The Morgan fingerprint density at radius 1 is 0.970 bits per heavy atom. The number of primary amides is 1. The SMILES string of the molecule is NC(=O)c1ccc(CC(=O)C2=NCC=C2CNc2ccccc2C(O)c2ccccc2)cc1. The molecule has 33 heavy (non-hydrogen) atoms. The number of amides is 1. The summed E-state index contributed by atoms with van der Waals surface area (Å²) < 4.78 is 0. The molecule has 0 aliphatic carbocycles. The Balaban J connectivity index is 1.42. The van der Waals surface area contributed by atoms with Gasteiger partial charge in [0.25, 0.3) is 0 Å². The lowest BCUT2D eigenvalue weighted by Gasteiger charge is -2.18. The van der Waals surface area contributed by atoms with Gasteiger partial charge in [-0.1, -0.05) is 66.7 Å². The highest BCUT2D eigenvalue weighted by Crippen LogP contribution is 2.28. The van der Waals surface area contributed by atoms with Gasteiger partial charge in [0.05, 0.1) is 6.54 Å². The molecular weight excluding hydrogens is 414 g/mol. The molecule has 0 saturated carbocycles. The minimum atomic E-state index is -0.759. The fourth-order valence-electron chi connectivity index (χ4n) is 3.83. The highest BCUT2D eigenvalue weighted by atomic mass is 16.3. The number of hydrogen-bond donors (Lipinski definition) is 3. The van der Waals surface area contributed by atoms with E-state index in [0.717, 1.165) is 28.0 Å². The van der Waals surface area contributed by atoms with Gasteiger partial charge < -0.3 is 16.2 Å². The lowest BCUT2D eigenvalue weighted by molar-refractivity contribution is -0.112. The number of rotatable bonds is 9. The average molecular weight is 440 g/mol. The molecule has 166 valence electrons. The van der Waals surface area contributed by atoms with Crippen molar-refractivity contribution in [2.24, 2.45) is 10.7 Å². The summed E-state index contributed by atoms with van der Waals surface area (Å²) in [7, 11) is 0. The van der Waals surface area contributed by atoms with Crippen LogP contribution in [0.2, 0.25) is 0 Å². The Hall–Kier alpha value is -4.03. The van der Waals surface area contributed by atoms with Crippen molar-refractivity contribution in [1.82, 2.24) is 0 Å². The van der Waals surface area contributed by atoms with Crippen molar-refractivity contribution in [3.8, 4) is 0 Å². The van der Waals surface area contributed by atoms with Crippen LogP contribution in [-0.2, 0) is 11.2 Å². The number of aliphatic hydroxyl groups excluding tert-OH is 1. The third-order valence-electron chi connectivity index (χ3n) is 5.60. The van der Waals surface area contributed by atoms with Gasteiger partial charge in [0, 0.05) is 29.8 Å². The maximum atomic E-state index is 12.9. The minimum Gasteiger partial charge on any atom is -0.384 e. The van der Waals surface area contributed by atoms with E-state index in [2.05, 4.69) is 10.3 Å². The van der Waals surface area contributed by atoms with E-state index in [1.54, 1.807) is 24.3 Å². The zero-order valence-corrected chi connectivity index (χ0v) is 18.1. The number of carbonyl (C=O) groups excluding carboxylic acids is 2. The van der Waals surface area contributed by atoms with Gasteiger partial charge in [-0.15, -0.1) is 0 Å². The van der Waals surface area contributed by atoms with Crippen LogP contribution in [0.3, 0.4) is 0 Å². The summed E-state index contributed by atoms with van der Waals surface area (Å²) in [5.74, 6) is -0.577. The Morgan fingerprint density at radius 3 is 2.39 bits per heavy atom.